The molecule has 2 aromatic rings. The number of hydrogen-bond donors (Lipinski definition) is 1. The largest absolute Gasteiger partial charge is 0.416 e. The van der Waals surface area contributed by atoms with Crippen molar-refractivity contribution in [3.05, 3.63) is 42.2 Å². The van der Waals surface area contributed by atoms with Crippen LogP contribution < -0.4 is 5.32 Å². The highest BCUT2D eigenvalue weighted by Crippen LogP contribution is 2.30. The molecule has 1 aromatic carbocycles. The number of alkyl halides is 3. The lowest BCUT2D eigenvalue weighted by Crippen LogP contribution is -2.04. The Morgan fingerprint density at radius 2 is 1.71 bits per heavy atom. The number of rotatable bonds is 2. The molecule has 0 aliphatic heterocycles. The van der Waals surface area contributed by atoms with Gasteiger partial charge in [0.05, 0.1) is 18.0 Å². The zero-order valence-corrected chi connectivity index (χ0v) is 8.44. The second-order valence-corrected chi connectivity index (χ2v) is 3.17. The van der Waals surface area contributed by atoms with E-state index in [1.165, 1.54) is 24.5 Å². The normalized spacial score (nSPS) is 11.2. The van der Waals surface area contributed by atoms with Gasteiger partial charge < -0.3 is 5.32 Å². The van der Waals surface area contributed by atoms with E-state index in [9.17, 15) is 13.2 Å². The highest BCUT2D eigenvalue weighted by molar-refractivity contribution is 5.53. The molecule has 0 fully saturated rings. The molecule has 17 heavy (non-hydrogen) atoms. The van der Waals surface area contributed by atoms with Crippen LogP contribution >= 0.6 is 0 Å². The number of halogens is 3. The summed E-state index contributed by atoms with van der Waals surface area (Å²) in [5, 5.41) is 9.96. The highest BCUT2D eigenvalue weighted by Gasteiger charge is 2.29. The van der Waals surface area contributed by atoms with E-state index in [2.05, 4.69) is 20.5 Å². The van der Waals surface area contributed by atoms with Gasteiger partial charge in [-0.05, 0) is 24.3 Å². The van der Waals surface area contributed by atoms with Gasteiger partial charge in [-0.3, -0.25) is 0 Å². The Bertz CT molecular complexity index is 481. The van der Waals surface area contributed by atoms with Crippen LogP contribution in [0.3, 0.4) is 0 Å². The molecule has 88 valence electrons. The molecule has 0 saturated heterocycles. The van der Waals surface area contributed by atoms with Crippen LogP contribution in [0.2, 0.25) is 0 Å². The van der Waals surface area contributed by atoms with Crippen LogP contribution in [0.1, 0.15) is 5.56 Å². The predicted octanol–water partition coefficient (Wildman–Crippen LogP) is 2.63. The van der Waals surface area contributed by atoms with Crippen molar-refractivity contribution in [2.45, 2.75) is 6.18 Å². The second kappa shape index (κ2) is 4.36. The van der Waals surface area contributed by atoms with Crippen LogP contribution in [0.25, 0.3) is 0 Å². The molecule has 0 atom stereocenters. The van der Waals surface area contributed by atoms with Crippen LogP contribution in [0, 0.1) is 0 Å². The van der Waals surface area contributed by atoms with Gasteiger partial charge in [0.1, 0.15) is 0 Å². The fourth-order valence-electron chi connectivity index (χ4n) is 1.18. The predicted molar refractivity (Wildman–Crippen MR) is 54.6 cm³/mol. The molecule has 0 amide bonds. The zero-order chi connectivity index (χ0) is 12.3. The quantitative estimate of drug-likeness (QED) is 0.876. The van der Waals surface area contributed by atoms with Gasteiger partial charge in [0.2, 0.25) is 5.95 Å². The second-order valence-electron chi connectivity index (χ2n) is 3.17. The van der Waals surface area contributed by atoms with Crippen molar-refractivity contribution in [2.24, 2.45) is 0 Å². The van der Waals surface area contributed by atoms with Gasteiger partial charge in [0.15, 0.2) is 0 Å². The third kappa shape index (κ3) is 2.90. The molecule has 2 rings (SSSR count). The van der Waals surface area contributed by atoms with Crippen molar-refractivity contribution in [2.75, 3.05) is 5.32 Å². The molecule has 7 heteroatoms. The third-order valence-corrected chi connectivity index (χ3v) is 1.95. The summed E-state index contributed by atoms with van der Waals surface area (Å²) in [6.45, 7) is 0. The van der Waals surface area contributed by atoms with E-state index < -0.39 is 11.7 Å². The molecule has 0 bridgehead atoms. The first-order valence-electron chi connectivity index (χ1n) is 4.64. The lowest BCUT2D eigenvalue weighted by Gasteiger charge is -2.08. The monoisotopic (exact) mass is 240 g/mol. The Morgan fingerprint density at radius 3 is 2.24 bits per heavy atom. The SMILES string of the molecule is FC(F)(F)c1ccc(Nc2nccnn2)cc1. The Kier molecular flexibility index (Phi) is 2.90. The maximum Gasteiger partial charge on any atom is 0.416 e. The standard InChI is InChI=1S/C10H7F3N4/c11-10(12,13)7-1-3-8(4-2-7)16-9-14-5-6-15-17-9/h1-6H,(H,14,16,17). The van der Waals surface area contributed by atoms with Gasteiger partial charge in [-0.1, -0.05) is 0 Å². The Balaban J connectivity index is 2.14. The summed E-state index contributed by atoms with van der Waals surface area (Å²) in [6, 6.07) is 4.58. The lowest BCUT2D eigenvalue weighted by molar-refractivity contribution is -0.137. The average Bonchev–Trinajstić information content (AvgIpc) is 2.30. The van der Waals surface area contributed by atoms with Gasteiger partial charge in [-0.2, -0.15) is 18.3 Å². The minimum atomic E-state index is -4.33. The zero-order valence-electron chi connectivity index (χ0n) is 8.44. The first kappa shape index (κ1) is 11.3. The first-order valence-corrected chi connectivity index (χ1v) is 4.64. The van der Waals surface area contributed by atoms with Crippen LogP contribution in [0.15, 0.2) is 36.7 Å². The van der Waals surface area contributed by atoms with Gasteiger partial charge in [-0.25, -0.2) is 4.98 Å². The molecule has 0 radical (unpaired) electrons. The summed E-state index contributed by atoms with van der Waals surface area (Å²) in [5.74, 6) is 0.229. The minimum absolute atomic E-state index is 0.229. The molecule has 1 heterocycles. The molecule has 0 unspecified atom stereocenters. The summed E-state index contributed by atoms with van der Waals surface area (Å²) >= 11 is 0. The molecule has 0 saturated carbocycles. The molecule has 0 aliphatic rings. The number of benzene rings is 1. The van der Waals surface area contributed by atoms with Crippen molar-refractivity contribution < 1.29 is 13.2 Å². The summed E-state index contributed by atoms with van der Waals surface area (Å²) < 4.78 is 36.9. The molecule has 0 aliphatic carbocycles. The van der Waals surface area contributed by atoms with E-state index in [1.54, 1.807) is 0 Å². The van der Waals surface area contributed by atoms with E-state index in [0.29, 0.717) is 5.69 Å². The molecule has 1 aromatic heterocycles. The van der Waals surface area contributed by atoms with Crippen molar-refractivity contribution >= 4 is 11.6 Å². The number of nitrogens with one attached hydrogen (secondary N) is 1. The maximum absolute atomic E-state index is 12.3. The van der Waals surface area contributed by atoms with E-state index >= 15 is 0 Å². The lowest BCUT2D eigenvalue weighted by atomic mass is 10.2. The topological polar surface area (TPSA) is 50.7 Å². The smallest absolute Gasteiger partial charge is 0.323 e. The summed E-state index contributed by atoms with van der Waals surface area (Å²) in [6.07, 6.45) is -1.50. The number of nitrogens with zero attached hydrogens (tertiary/aromatic N) is 3. The van der Waals surface area contributed by atoms with Crippen LogP contribution in [0.4, 0.5) is 24.8 Å². The first-order chi connectivity index (χ1) is 8.05. The fraction of sp³-hybridized carbons (Fsp3) is 0.100. The average molecular weight is 240 g/mol. The van der Waals surface area contributed by atoms with Crippen molar-refractivity contribution in [3.63, 3.8) is 0 Å². The number of aromatic nitrogens is 3. The third-order valence-electron chi connectivity index (χ3n) is 1.95. The molecular weight excluding hydrogens is 233 g/mol. The minimum Gasteiger partial charge on any atom is -0.323 e. The molecule has 0 spiro atoms. The van der Waals surface area contributed by atoms with Crippen LogP contribution in [-0.2, 0) is 6.18 Å². The van der Waals surface area contributed by atoms with Crippen molar-refractivity contribution in [3.8, 4) is 0 Å². The van der Waals surface area contributed by atoms with Crippen LogP contribution in [-0.4, -0.2) is 15.2 Å². The van der Waals surface area contributed by atoms with Crippen molar-refractivity contribution in [1.82, 2.24) is 15.2 Å². The summed E-state index contributed by atoms with van der Waals surface area (Å²) in [5.41, 5.74) is -0.235. The van der Waals surface area contributed by atoms with E-state index in [1.807, 2.05) is 0 Å². The van der Waals surface area contributed by atoms with Gasteiger partial charge in [-0.15, -0.1) is 5.10 Å². The van der Waals surface area contributed by atoms with Crippen molar-refractivity contribution in [1.29, 1.82) is 0 Å². The Hall–Kier alpha value is -2.18. The number of hydrogen-bond acceptors (Lipinski definition) is 4. The fourth-order valence-corrected chi connectivity index (χ4v) is 1.18. The highest BCUT2D eigenvalue weighted by atomic mass is 19.4. The molecular formula is C10H7F3N4. The Morgan fingerprint density at radius 1 is 1.00 bits per heavy atom. The Labute approximate surface area is 94.5 Å². The number of anilines is 2. The summed E-state index contributed by atoms with van der Waals surface area (Å²) in [4.78, 5) is 3.84. The molecule has 4 nitrogen and oxygen atoms in total. The van der Waals surface area contributed by atoms with Gasteiger partial charge >= 0.3 is 6.18 Å². The summed E-state index contributed by atoms with van der Waals surface area (Å²) in [7, 11) is 0. The molecule has 1 N–H and O–H groups in total. The van der Waals surface area contributed by atoms with E-state index in [4.69, 9.17) is 0 Å². The van der Waals surface area contributed by atoms with E-state index in [-0.39, 0.29) is 5.95 Å². The van der Waals surface area contributed by atoms with Crippen LogP contribution in [0.5, 0.6) is 0 Å². The maximum atomic E-state index is 12.3. The van der Waals surface area contributed by atoms with Gasteiger partial charge in [0.25, 0.3) is 0 Å². The van der Waals surface area contributed by atoms with E-state index in [0.717, 1.165) is 12.1 Å². The van der Waals surface area contributed by atoms with Gasteiger partial charge in [0, 0.05) is 5.69 Å².